The fraction of sp³-hybridized carbons (Fsp3) is 0.333. The average molecular weight is 340 g/mol. The number of nitrogens with two attached hydrogens (primary N) is 1. The molecule has 0 bridgehead atoms. The molecule has 1 aromatic carbocycles. The summed E-state index contributed by atoms with van der Waals surface area (Å²) in [5, 5.41) is 2.05. The highest BCUT2D eigenvalue weighted by atomic mass is 79.9. The SMILES string of the molecule is CCc1cccc(OC(c2cc(Br)cs2)C(C)N)c1. The molecular formula is C15H18BrNOS. The lowest BCUT2D eigenvalue weighted by Crippen LogP contribution is -2.28. The van der Waals surface area contributed by atoms with Crippen LogP contribution in [0.3, 0.4) is 0 Å². The monoisotopic (exact) mass is 339 g/mol. The van der Waals surface area contributed by atoms with Crippen LogP contribution in [0.15, 0.2) is 40.2 Å². The number of ether oxygens (including phenoxy) is 1. The summed E-state index contributed by atoms with van der Waals surface area (Å²) in [7, 11) is 0. The lowest BCUT2D eigenvalue weighted by molar-refractivity contribution is 0.184. The standard InChI is InChI=1S/C15H18BrNOS/c1-3-11-5-4-6-13(7-11)18-15(10(2)17)14-8-12(16)9-19-14/h4-10,15H,3,17H2,1-2H3. The second-order valence-corrected chi connectivity index (χ2v) is 6.42. The van der Waals surface area contributed by atoms with Crippen molar-refractivity contribution in [2.24, 2.45) is 5.73 Å². The Morgan fingerprint density at radius 3 is 2.74 bits per heavy atom. The molecule has 102 valence electrons. The molecule has 0 aliphatic carbocycles. The van der Waals surface area contributed by atoms with Gasteiger partial charge < -0.3 is 10.5 Å². The highest BCUT2D eigenvalue weighted by molar-refractivity contribution is 9.10. The van der Waals surface area contributed by atoms with Crippen molar-refractivity contribution in [2.75, 3.05) is 0 Å². The summed E-state index contributed by atoms with van der Waals surface area (Å²) in [5.74, 6) is 0.881. The van der Waals surface area contributed by atoms with Gasteiger partial charge in [0.1, 0.15) is 11.9 Å². The third kappa shape index (κ3) is 3.81. The lowest BCUT2D eigenvalue weighted by atomic mass is 10.1. The Labute approximate surface area is 126 Å². The van der Waals surface area contributed by atoms with E-state index in [2.05, 4.69) is 46.4 Å². The van der Waals surface area contributed by atoms with Crippen molar-refractivity contribution < 1.29 is 4.74 Å². The molecule has 19 heavy (non-hydrogen) atoms. The van der Waals surface area contributed by atoms with E-state index in [1.54, 1.807) is 11.3 Å². The first-order valence-electron chi connectivity index (χ1n) is 6.35. The Kier molecular flexibility index (Phi) is 5.02. The highest BCUT2D eigenvalue weighted by Crippen LogP contribution is 2.31. The number of hydrogen-bond acceptors (Lipinski definition) is 3. The molecule has 2 nitrogen and oxygen atoms in total. The molecule has 0 saturated carbocycles. The van der Waals surface area contributed by atoms with Crippen molar-refractivity contribution in [2.45, 2.75) is 32.4 Å². The summed E-state index contributed by atoms with van der Waals surface area (Å²) in [5.41, 5.74) is 7.33. The van der Waals surface area contributed by atoms with Gasteiger partial charge in [-0.25, -0.2) is 0 Å². The zero-order chi connectivity index (χ0) is 13.8. The van der Waals surface area contributed by atoms with Gasteiger partial charge in [0.2, 0.25) is 0 Å². The molecule has 2 N–H and O–H groups in total. The van der Waals surface area contributed by atoms with Gasteiger partial charge >= 0.3 is 0 Å². The van der Waals surface area contributed by atoms with Gasteiger partial charge in [-0.1, -0.05) is 19.1 Å². The molecule has 0 fully saturated rings. The van der Waals surface area contributed by atoms with E-state index in [0.29, 0.717) is 0 Å². The minimum Gasteiger partial charge on any atom is -0.483 e. The van der Waals surface area contributed by atoms with E-state index in [-0.39, 0.29) is 12.1 Å². The molecule has 2 aromatic rings. The van der Waals surface area contributed by atoms with Crippen LogP contribution in [0.1, 0.15) is 30.4 Å². The van der Waals surface area contributed by atoms with Crippen LogP contribution in [0.25, 0.3) is 0 Å². The topological polar surface area (TPSA) is 35.2 Å². The molecule has 0 aliphatic heterocycles. The highest BCUT2D eigenvalue weighted by Gasteiger charge is 2.20. The number of hydrogen-bond donors (Lipinski definition) is 1. The maximum Gasteiger partial charge on any atom is 0.148 e. The first-order chi connectivity index (χ1) is 9.10. The third-order valence-electron chi connectivity index (χ3n) is 2.92. The molecule has 0 radical (unpaired) electrons. The Morgan fingerprint density at radius 2 is 2.16 bits per heavy atom. The zero-order valence-corrected chi connectivity index (χ0v) is 13.5. The first-order valence-corrected chi connectivity index (χ1v) is 8.02. The van der Waals surface area contributed by atoms with Crippen molar-refractivity contribution in [1.29, 1.82) is 0 Å². The van der Waals surface area contributed by atoms with Gasteiger partial charge in [0.05, 0.1) is 0 Å². The quantitative estimate of drug-likeness (QED) is 0.867. The van der Waals surface area contributed by atoms with Crippen LogP contribution in [-0.2, 0) is 6.42 Å². The molecule has 1 aromatic heterocycles. The molecule has 0 amide bonds. The van der Waals surface area contributed by atoms with E-state index in [9.17, 15) is 0 Å². The minimum absolute atomic E-state index is 0.0594. The summed E-state index contributed by atoms with van der Waals surface area (Å²) in [6.07, 6.45) is 0.897. The zero-order valence-electron chi connectivity index (χ0n) is 11.1. The van der Waals surface area contributed by atoms with Gasteiger partial charge in [0.25, 0.3) is 0 Å². The average Bonchev–Trinajstić information content (AvgIpc) is 2.82. The Balaban J connectivity index is 2.21. The van der Waals surface area contributed by atoms with E-state index >= 15 is 0 Å². The van der Waals surface area contributed by atoms with Crippen LogP contribution in [0.2, 0.25) is 0 Å². The minimum atomic E-state index is -0.108. The molecule has 0 aliphatic rings. The summed E-state index contributed by atoms with van der Waals surface area (Å²) in [6.45, 7) is 4.11. The second-order valence-electron chi connectivity index (χ2n) is 4.57. The fourth-order valence-corrected chi connectivity index (χ4v) is 3.47. The first kappa shape index (κ1) is 14.6. The lowest BCUT2D eigenvalue weighted by Gasteiger charge is -2.21. The number of halogens is 1. The van der Waals surface area contributed by atoms with Gasteiger partial charge in [0.15, 0.2) is 0 Å². The normalized spacial score (nSPS) is 14.1. The summed E-state index contributed by atoms with van der Waals surface area (Å²) >= 11 is 5.14. The van der Waals surface area contributed by atoms with Crippen molar-refractivity contribution in [1.82, 2.24) is 0 Å². The van der Waals surface area contributed by atoms with E-state index in [1.807, 2.05) is 19.1 Å². The van der Waals surface area contributed by atoms with Crippen molar-refractivity contribution >= 4 is 27.3 Å². The van der Waals surface area contributed by atoms with Crippen LogP contribution >= 0.6 is 27.3 Å². The van der Waals surface area contributed by atoms with Crippen LogP contribution < -0.4 is 10.5 Å². The van der Waals surface area contributed by atoms with E-state index < -0.39 is 0 Å². The van der Waals surface area contributed by atoms with Gasteiger partial charge in [-0.2, -0.15) is 0 Å². The van der Waals surface area contributed by atoms with Crippen LogP contribution in [0.4, 0.5) is 0 Å². The van der Waals surface area contributed by atoms with Crippen molar-refractivity contribution in [3.05, 3.63) is 50.6 Å². The maximum atomic E-state index is 6.08. The van der Waals surface area contributed by atoms with E-state index in [1.165, 1.54) is 5.56 Å². The van der Waals surface area contributed by atoms with E-state index in [0.717, 1.165) is 21.5 Å². The van der Waals surface area contributed by atoms with E-state index in [4.69, 9.17) is 10.5 Å². The van der Waals surface area contributed by atoms with Crippen LogP contribution in [-0.4, -0.2) is 6.04 Å². The number of aryl methyl sites for hydroxylation is 1. The smallest absolute Gasteiger partial charge is 0.148 e. The van der Waals surface area contributed by atoms with Crippen LogP contribution in [0.5, 0.6) is 5.75 Å². The number of benzene rings is 1. The molecule has 2 rings (SSSR count). The third-order valence-corrected chi connectivity index (χ3v) is 4.67. The van der Waals surface area contributed by atoms with Gasteiger partial charge in [-0.15, -0.1) is 11.3 Å². The van der Waals surface area contributed by atoms with Gasteiger partial charge in [0, 0.05) is 20.8 Å². The molecule has 0 saturated heterocycles. The largest absolute Gasteiger partial charge is 0.483 e. The Morgan fingerprint density at radius 1 is 1.37 bits per heavy atom. The molecule has 1 heterocycles. The van der Waals surface area contributed by atoms with Crippen molar-refractivity contribution in [3.63, 3.8) is 0 Å². The number of thiophene rings is 1. The molecule has 4 heteroatoms. The van der Waals surface area contributed by atoms with Gasteiger partial charge in [-0.05, 0) is 53.0 Å². The molecule has 2 unspecified atom stereocenters. The van der Waals surface area contributed by atoms with Crippen molar-refractivity contribution in [3.8, 4) is 5.75 Å². The number of rotatable bonds is 5. The Bertz CT molecular complexity index is 538. The van der Waals surface area contributed by atoms with Gasteiger partial charge in [-0.3, -0.25) is 0 Å². The van der Waals surface area contributed by atoms with Crippen LogP contribution in [0, 0.1) is 0 Å². The summed E-state index contributed by atoms with van der Waals surface area (Å²) < 4.78 is 7.16. The second kappa shape index (κ2) is 6.55. The summed E-state index contributed by atoms with van der Waals surface area (Å²) in [4.78, 5) is 1.14. The molecule has 2 atom stereocenters. The summed E-state index contributed by atoms with van der Waals surface area (Å²) in [6, 6.07) is 10.2. The maximum absolute atomic E-state index is 6.08. The molecule has 0 spiro atoms. The Hall–Kier alpha value is -0.840. The predicted octanol–water partition coefficient (Wildman–Crippen LogP) is 4.54. The predicted molar refractivity (Wildman–Crippen MR) is 84.9 cm³/mol. The fourth-order valence-electron chi connectivity index (χ4n) is 1.89. The molecular weight excluding hydrogens is 322 g/mol.